The van der Waals surface area contributed by atoms with Gasteiger partial charge in [0.2, 0.25) is 5.95 Å². The van der Waals surface area contributed by atoms with Crippen LogP contribution in [0.5, 0.6) is 0 Å². The van der Waals surface area contributed by atoms with Crippen molar-refractivity contribution >= 4 is 11.8 Å². The van der Waals surface area contributed by atoms with Gasteiger partial charge in [0.05, 0.1) is 17.6 Å². The predicted octanol–water partition coefficient (Wildman–Crippen LogP) is 1.49. The van der Waals surface area contributed by atoms with E-state index in [0.717, 1.165) is 11.3 Å². The van der Waals surface area contributed by atoms with Crippen molar-refractivity contribution < 1.29 is 0 Å². The van der Waals surface area contributed by atoms with Crippen LogP contribution in [0.2, 0.25) is 0 Å². The van der Waals surface area contributed by atoms with E-state index in [4.69, 9.17) is 11.5 Å². The average Bonchev–Trinajstić information content (AvgIpc) is 2.88. The second-order valence-electron chi connectivity index (χ2n) is 4.05. The third-order valence-corrected chi connectivity index (χ3v) is 2.66. The first kappa shape index (κ1) is 11.2. The van der Waals surface area contributed by atoms with Crippen LogP contribution in [0.3, 0.4) is 0 Å². The van der Waals surface area contributed by atoms with Crippen molar-refractivity contribution in [3.63, 3.8) is 0 Å². The molecule has 0 atom stereocenters. The fourth-order valence-electron chi connectivity index (χ4n) is 1.81. The number of hydrogen-bond donors (Lipinski definition) is 2. The third kappa shape index (κ3) is 2.23. The van der Waals surface area contributed by atoms with Crippen LogP contribution in [0, 0.1) is 0 Å². The van der Waals surface area contributed by atoms with Gasteiger partial charge in [-0.05, 0) is 12.1 Å². The van der Waals surface area contributed by atoms with Crippen molar-refractivity contribution in [3.8, 4) is 16.9 Å². The lowest BCUT2D eigenvalue weighted by Crippen LogP contribution is -2.00. The average molecular weight is 252 g/mol. The predicted molar refractivity (Wildman–Crippen MR) is 73.4 cm³/mol. The highest BCUT2D eigenvalue weighted by Gasteiger charge is 2.06. The molecule has 3 rings (SSSR count). The smallest absolute Gasteiger partial charge is 0.222 e. The molecule has 0 bridgehead atoms. The summed E-state index contributed by atoms with van der Waals surface area (Å²) in [4.78, 5) is 7.99. The molecule has 94 valence electrons. The molecule has 1 aromatic carbocycles. The molecule has 3 aromatic rings. The van der Waals surface area contributed by atoms with Crippen LogP contribution in [-0.4, -0.2) is 19.7 Å². The maximum absolute atomic E-state index is 5.66. The van der Waals surface area contributed by atoms with E-state index >= 15 is 0 Å². The summed E-state index contributed by atoms with van der Waals surface area (Å²) in [6, 6.07) is 11.5. The Bertz CT molecular complexity index is 684. The molecule has 0 radical (unpaired) electrons. The first-order valence-electron chi connectivity index (χ1n) is 5.73. The Balaban J connectivity index is 2.02. The zero-order chi connectivity index (χ0) is 13.2. The molecule has 6 heteroatoms. The highest BCUT2D eigenvalue weighted by molar-refractivity contribution is 5.62. The first-order chi connectivity index (χ1) is 9.22. The van der Waals surface area contributed by atoms with E-state index in [-0.39, 0.29) is 5.95 Å². The van der Waals surface area contributed by atoms with Gasteiger partial charge in [0.15, 0.2) is 0 Å². The Kier molecular flexibility index (Phi) is 2.60. The second kappa shape index (κ2) is 4.41. The molecule has 0 saturated carbocycles. The quantitative estimate of drug-likeness (QED) is 0.720. The Morgan fingerprint density at radius 1 is 1.00 bits per heavy atom. The first-order valence-corrected chi connectivity index (χ1v) is 5.73. The van der Waals surface area contributed by atoms with Crippen LogP contribution in [0.4, 0.5) is 11.8 Å². The van der Waals surface area contributed by atoms with Gasteiger partial charge in [0, 0.05) is 17.8 Å². The monoisotopic (exact) mass is 252 g/mol. The molecule has 0 aliphatic heterocycles. The van der Waals surface area contributed by atoms with E-state index in [2.05, 4.69) is 15.1 Å². The summed E-state index contributed by atoms with van der Waals surface area (Å²) in [5.74, 6) is 0.498. The van der Waals surface area contributed by atoms with Gasteiger partial charge in [-0.1, -0.05) is 18.2 Å². The Morgan fingerprint density at radius 2 is 1.79 bits per heavy atom. The van der Waals surface area contributed by atoms with Crippen molar-refractivity contribution in [3.05, 3.63) is 48.8 Å². The van der Waals surface area contributed by atoms with E-state index < -0.39 is 0 Å². The Morgan fingerprint density at radius 3 is 2.53 bits per heavy atom. The Labute approximate surface area is 109 Å². The van der Waals surface area contributed by atoms with Gasteiger partial charge in [-0.25, -0.2) is 9.67 Å². The highest BCUT2D eigenvalue weighted by atomic mass is 15.3. The van der Waals surface area contributed by atoms with E-state index in [9.17, 15) is 0 Å². The van der Waals surface area contributed by atoms with E-state index in [1.807, 2.05) is 36.5 Å². The van der Waals surface area contributed by atoms with E-state index in [1.54, 1.807) is 16.9 Å². The Hall–Kier alpha value is -2.89. The lowest BCUT2D eigenvalue weighted by molar-refractivity contribution is 0.880. The number of nitrogen functional groups attached to an aromatic ring is 2. The van der Waals surface area contributed by atoms with Crippen LogP contribution in [0.25, 0.3) is 16.9 Å². The van der Waals surface area contributed by atoms with Crippen molar-refractivity contribution in [2.24, 2.45) is 0 Å². The number of hydrogen-bond acceptors (Lipinski definition) is 5. The van der Waals surface area contributed by atoms with Gasteiger partial charge in [-0.2, -0.15) is 10.1 Å². The fraction of sp³-hybridized carbons (Fsp3) is 0. The summed E-state index contributed by atoms with van der Waals surface area (Å²) in [6.45, 7) is 0. The van der Waals surface area contributed by atoms with Gasteiger partial charge in [0.1, 0.15) is 5.82 Å². The van der Waals surface area contributed by atoms with Crippen molar-refractivity contribution in [2.45, 2.75) is 0 Å². The molecule has 0 spiro atoms. The molecule has 0 aliphatic carbocycles. The summed E-state index contributed by atoms with van der Waals surface area (Å²) >= 11 is 0. The van der Waals surface area contributed by atoms with Crippen LogP contribution in [-0.2, 0) is 0 Å². The molecule has 0 unspecified atom stereocenters. The molecule has 19 heavy (non-hydrogen) atoms. The number of benzene rings is 1. The minimum Gasteiger partial charge on any atom is -0.384 e. The van der Waals surface area contributed by atoms with E-state index in [1.165, 1.54) is 0 Å². The lowest BCUT2D eigenvalue weighted by Gasteiger charge is -2.01. The minimum absolute atomic E-state index is 0.155. The summed E-state index contributed by atoms with van der Waals surface area (Å²) in [7, 11) is 0. The standard InChI is InChI=1S/C13H12N6/c14-12-6-11(17-13(15)18-12)9-7-16-19(8-9)10-4-2-1-3-5-10/h1-8H,(H4,14,15,17,18). The molecule has 6 nitrogen and oxygen atoms in total. The maximum Gasteiger partial charge on any atom is 0.222 e. The number of aromatic nitrogens is 4. The summed E-state index contributed by atoms with van der Waals surface area (Å²) < 4.78 is 1.77. The van der Waals surface area contributed by atoms with Gasteiger partial charge in [0.25, 0.3) is 0 Å². The van der Waals surface area contributed by atoms with Crippen molar-refractivity contribution in [1.82, 2.24) is 19.7 Å². The molecule has 4 N–H and O–H groups in total. The molecule has 0 amide bonds. The van der Waals surface area contributed by atoms with Crippen LogP contribution < -0.4 is 11.5 Å². The zero-order valence-corrected chi connectivity index (χ0v) is 10.1. The lowest BCUT2D eigenvalue weighted by atomic mass is 10.2. The van der Waals surface area contributed by atoms with Crippen molar-refractivity contribution in [1.29, 1.82) is 0 Å². The molecular formula is C13H12N6. The van der Waals surface area contributed by atoms with Crippen LogP contribution in [0.15, 0.2) is 48.8 Å². The van der Waals surface area contributed by atoms with Gasteiger partial charge >= 0.3 is 0 Å². The maximum atomic E-state index is 5.66. The normalized spacial score (nSPS) is 10.5. The molecular weight excluding hydrogens is 240 g/mol. The van der Waals surface area contributed by atoms with Gasteiger partial charge in [-0.3, -0.25) is 0 Å². The molecule has 2 aromatic heterocycles. The summed E-state index contributed by atoms with van der Waals surface area (Å²) in [5.41, 5.74) is 13.7. The largest absolute Gasteiger partial charge is 0.384 e. The van der Waals surface area contributed by atoms with Crippen LogP contribution >= 0.6 is 0 Å². The molecule has 0 aliphatic rings. The summed E-state index contributed by atoms with van der Waals surface area (Å²) in [6.07, 6.45) is 3.59. The van der Waals surface area contributed by atoms with Crippen LogP contribution in [0.1, 0.15) is 0 Å². The SMILES string of the molecule is Nc1cc(-c2cnn(-c3ccccc3)c2)nc(N)n1. The second-order valence-corrected chi connectivity index (χ2v) is 4.05. The molecule has 0 saturated heterocycles. The number of anilines is 2. The number of nitrogens with two attached hydrogens (primary N) is 2. The fourth-order valence-corrected chi connectivity index (χ4v) is 1.81. The highest BCUT2D eigenvalue weighted by Crippen LogP contribution is 2.20. The molecule has 2 heterocycles. The number of para-hydroxylation sites is 1. The number of rotatable bonds is 2. The van der Waals surface area contributed by atoms with Gasteiger partial charge < -0.3 is 11.5 Å². The molecule has 0 fully saturated rings. The number of nitrogens with zero attached hydrogens (tertiary/aromatic N) is 4. The minimum atomic E-state index is 0.155. The topological polar surface area (TPSA) is 95.6 Å². The van der Waals surface area contributed by atoms with Crippen molar-refractivity contribution in [2.75, 3.05) is 11.5 Å². The van der Waals surface area contributed by atoms with Gasteiger partial charge in [-0.15, -0.1) is 0 Å². The van der Waals surface area contributed by atoms with E-state index in [0.29, 0.717) is 11.5 Å². The summed E-state index contributed by atoms with van der Waals surface area (Å²) in [5, 5.41) is 4.30. The third-order valence-electron chi connectivity index (χ3n) is 2.66. The zero-order valence-electron chi connectivity index (χ0n) is 10.1.